The molecular weight excluding hydrogens is 138 g/mol. The Balaban J connectivity index is 2.91. The van der Waals surface area contributed by atoms with Crippen LogP contribution in [0.4, 0.5) is 5.69 Å². The first-order chi connectivity index (χ1) is 5.24. The first kappa shape index (κ1) is 7.92. The summed E-state index contributed by atoms with van der Waals surface area (Å²) in [7, 11) is 5.63. The fourth-order valence-electron chi connectivity index (χ4n) is 0.829. The molecule has 0 spiro atoms. The van der Waals surface area contributed by atoms with Crippen molar-refractivity contribution >= 4 is 5.69 Å². The molecule has 0 heterocycles. The lowest BCUT2D eigenvalue weighted by molar-refractivity contribution is 0.414. The van der Waals surface area contributed by atoms with Crippen LogP contribution in [0.25, 0.3) is 0 Å². The zero-order chi connectivity index (χ0) is 8.27. The molecule has 1 aromatic carbocycles. The van der Waals surface area contributed by atoms with E-state index in [1.165, 1.54) is 0 Å². The Kier molecular flexibility index (Phi) is 2.36. The average molecular weight is 150 g/mol. The summed E-state index contributed by atoms with van der Waals surface area (Å²) < 4.78 is 5.02. The maximum Gasteiger partial charge on any atom is 0.128 e. The third kappa shape index (κ3) is 1.87. The van der Waals surface area contributed by atoms with Crippen LogP contribution in [0.3, 0.4) is 0 Å². The van der Waals surface area contributed by atoms with E-state index in [2.05, 4.69) is 6.07 Å². The molecule has 59 valence electrons. The first-order valence-electron chi connectivity index (χ1n) is 3.47. The highest BCUT2D eigenvalue weighted by molar-refractivity contribution is 5.48. The molecule has 0 aromatic heterocycles. The molecule has 0 amide bonds. The topological polar surface area (TPSA) is 12.5 Å². The van der Waals surface area contributed by atoms with E-state index in [1.54, 1.807) is 7.11 Å². The SMILES string of the molecule is COc1[c]ccc(N(C)C)c1. The Morgan fingerprint density at radius 2 is 2.18 bits per heavy atom. The second-order valence-electron chi connectivity index (χ2n) is 2.51. The molecule has 0 atom stereocenters. The smallest absolute Gasteiger partial charge is 0.128 e. The molecule has 2 nitrogen and oxygen atoms in total. The first-order valence-corrected chi connectivity index (χ1v) is 3.47. The summed E-state index contributed by atoms with van der Waals surface area (Å²) in [6.07, 6.45) is 0. The number of nitrogens with zero attached hydrogens (tertiary/aromatic N) is 1. The summed E-state index contributed by atoms with van der Waals surface area (Å²) in [6.45, 7) is 0. The number of hydrogen-bond acceptors (Lipinski definition) is 2. The molecule has 2 heteroatoms. The summed E-state index contributed by atoms with van der Waals surface area (Å²) in [5.74, 6) is 0.774. The highest BCUT2D eigenvalue weighted by Crippen LogP contribution is 2.17. The van der Waals surface area contributed by atoms with Crippen LogP contribution in [-0.2, 0) is 0 Å². The Hall–Kier alpha value is -1.18. The number of benzene rings is 1. The second kappa shape index (κ2) is 3.28. The van der Waals surface area contributed by atoms with Crippen LogP contribution >= 0.6 is 0 Å². The zero-order valence-electron chi connectivity index (χ0n) is 7.09. The fraction of sp³-hybridized carbons (Fsp3) is 0.333. The minimum absolute atomic E-state index is 0.774. The van der Waals surface area contributed by atoms with Crippen molar-refractivity contribution in [3.8, 4) is 5.75 Å². The summed E-state index contributed by atoms with van der Waals surface area (Å²) in [6, 6.07) is 8.75. The summed E-state index contributed by atoms with van der Waals surface area (Å²) >= 11 is 0. The van der Waals surface area contributed by atoms with Gasteiger partial charge >= 0.3 is 0 Å². The van der Waals surface area contributed by atoms with E-state index in [0.29, 0.717) is 0 Å². The predicted molar refractivity (Wildman–Crippen MR) is 46.2 cm³/mol. The van der Waals surface area contributed by atoms with Gasteiger partial charge in [0.15, 0.2) is 0 Å². The maximum atomic E-state index is 5.02. The number of rotatable bonds is 2. The van der Waals surface area contributed by atoms with Crippen LogP contribution in [0, 0.1) is 6.07 Å². The van der Waals surface area contributed by atoms with E-state index in [9.17, 15) is 0 Å². The van der Waals surface area contributed by atoms with Crippen molar-refractivity contribution in [1.29, 1.82) is 0 Å². The average Bonchev–Trinajstić information content (AvgIpc) is 2.05. The van der Waals surface area contributed by atoms with Gasteiger partial charge in [-0.1, -0.05) is 0 Å². The third-order valence-corrected chi connectivity index (χ3v) is 1.49. The standard InChI is InChI=1S/C9H12NO/c1-10(2)8-5-4-6-9(7-8)11-3/h4-5,7H,1-3H3. The summed E-state index contributed by atoms with van der Waals surface area (Å²) in [5, 5.41) is 0. The molecule has 1 rings (SSSR count). The van der Waals surface area contributed by atoms with Crippen molar-refractivity contribution in [3.63, 3.8) is 0 Å². The van der Waals surface area contributed by atoms with Gasteiger partial charge in [-0.25, -0.2) is 0 Å². The molecule has 1 aromatic rings. The van der Waals surface area contributed by atoms with E-state index in [0.717, 1.165) is 11.4 Å². The van der Waals surface area contributed by atoms with Crippen LogP contribution in [0.2, 0.25) is 0 Å². The second-order valence-corrected chi connectivity index (χ2v) is 2.51. The van der Waals surface area contributed by atoms with Gasteiger partial charge in [-0.05, 0) is 12.1 Å². The molecule has 0 aliphatic rings. The zero-order valence-corrected chi connectivity index (χ0v) is 7.09. The van der Waals surface area contributed by atoms with Gasteiger partial charge in [0.2, 0.25) is 0 Å². The molecule has 0 aliphatic heterocycles. The lowest BCUT2D eigenvalue weighted by Crippen LogP contribution is -2.08. The van der Waals surface area contributed by atoms with E-state index < -0.39 is 0 Å². The van der Waals surface area contributed by atoms with Crippen LogP contribution in [-0.4, -0.2) is 21.2 Å². The Labute approximate surface area is 67.4 Å². The Morgan fingerprint density at radius 3 is 2.73 bits per heavy atom. The van der Waals surface area contributed by atoms with E-state index >= 15 is 0 Å². The number of anilines is 1. The van der Waals surface area contributed by atoms with Gasteiger partial charge < -0.3 is 9.64 Å². The van der Waals surface area contributed by atoms with Crippen LogP contribution in [0.5, 0.6) is 5.75 Å². The lowest BCUT2D eigenvalue weighted by atomic mass is 10.3. The van der Waals surface area contributed by atoms with Gasteiger partial charge in [-0.3, -0.25) is 0 Å². The lowest BCUT2D eigenvalue weighted by Gasteiger charge is -2.12. The van der Waals surface area contributed by atoms with Gasteiger partial charge in [0.1, 0.15) is 5.75 Å². The van der Waals surface area contributed by atoms with Gasteiger partial charge in [0.05, 0.1) is 7.11 Å². The quantitative estimate of drug-likeness (QED) is 0.634. The van der Waals surface area contributed by atoms with Crippen LogP contribution < -0.4 is 9.64 Å². The maximum absolute atomic E-state index is 5.02. The van der Waals surface area contributed by atoms with Crippen molar-refractivity contribution in [3.05, 3.63) is 24.3 Å². The molecule has 0 saturated carbocycles. The Bertz CT molecular complexity index is 233. The third-order valence-electron chi connectivity index (χ3n) is 1.49. The molecule has 0 unspecified atom stereocenters. The van der Waals surface area contributed by atoms with E-state index in [4.69, 9.17) is 4.74 Å². The van der Waals surface area contributed by atoms with Crippen LogP contribution in [0.1, 0.15) is 0 Å². The molecule has 1 radical (unpaired) electrons. The number of methoxy groups -OCH3 is 1. The van der Waals surface area contributed by atoms with Crippen molar-refractivity contribution in [2.45, 2.75) is 0 Å². The van der Waals surface area contributed by atoms with Crippen molar-refractivity contribution in [1.82, 2.24) is 0 Å². The minimum atomic E-state index is 0.774. The van der Waals surface area contributed by atoms with Crippen LogP contribution in [0.15, 0.2) is 18.2 Å². The molecule has 0 saturated heterocycles. The monoisotopic (exact) mass is 150 g/mol. The molecule has 0 N–H and O–H groups in total. The number of hydrogen-bond donors (Lipinski definition) is 0. The van der Waals surface area contributed by atoms with Crippen molar-refractivity contribution in [2.75, 3.05) is 26.1 Å². The number of ether oxygens (including phenoxy) is 1. The van der Waals surface area contributed by atoms with Gasteiger partial charge in [0.25, 0.3) is 0 Å². The highest BCUT2D eigenvalue weighted by atomic mass is 16.5. The molecule has 0 bridgehead atoms. The highest BCUT2D eigenvalue weighted by Gasteiger charge is 1.95. The summed E-state index contributed by atoms with van der Waals surface area (Å²) in [4.78, 5) is 2.02. The van der Waals surface area contributed by atoms with E-state index in [-0.39, 0.29) is 0 Å². The molecule has 0 aliphatic carbocycles. The Morgan fingerprint density at radius 1 is 1.45 bits per heavy atom. The molecule has 11 heavy (non-hydrogen) atoms. The van der Waals surface area contributed by atoms with E-state index in [1.807, 2.05) is 37.2 Å². The van der Waals surface area contributed by atoms with Gasteiger partial charge in [-0.15, -0.1) is 0 Å². The van der Waals surface area contributed by atoms with Gasteiger partial charge in [-0.2, -0.15) is 0 Å². The largest absolute Gasteiger partial charge is 0.496 e. The molecular formula is C9H12NO. The fourth-order valence-corrected chi connectivity index (χ4v) is 0.829. The minimum Gasteiger partial charge on any atom is -0.496 e. The van der Waals surface area contributed by atoms with Gasteiger partial charge in [0, 0.05) is 31.9 Å². The van der Waals surface area contributed by atoms with Crippen molar-refractivity contribution in [2.24, 2.45) is 0 Å². The normalized spacial score (nSPS) is 9.36. The molecule has 0 fully saturated rings. The predicted octanol–water partition coefficient (Wildman–Crippen LogP) is 1.56. The van der Waals surface area contributed by atoms with Crippen molar-refractivity contribution < 1.29 is 4.74 Å². The summed E-state index contributed by atoms with van der Waals surface area (Å²) in [5.41, 5.74) is 1.13.